The van der Waals surface area contributed by atoms with Gasteiger partial charge in [-0.15, -0.1) is 24.8 Å². The highest BCUT2D eigenvalue weighted by atomic mass is 35.5. The number of hydrogen-bond acceptors (Lipinski definition) is 4. The second kappa shape index (κ2) is 13.6. The second-order valence-electron chi connectivity index (χ2n) is 5.35. The highest BCUT2D eigenvalue weighted by Crippen LogP contribution is 2.05. The van der Waals surface area contributed by atoms with Crippen LogP contribution in [0.1, 0.15) is 26.7 Å². The van der Waals surface area contributed by atoms with Crippen molar-refractivity contribution >= 4 is 30.7 Å². The van der Waals surface area contributed by atoms with Crippen LogP contribution in [0.3, 0.4) is 0 Å². The number of ether oxygens (including phenoxy) is 1. The zero-order valence-electron chi connectivity index (χ0n) is 13.5. The Balaban J connectivity index is 0. The number of halogens is 2. The number of amides is 1. The lowest BCUT2D eigenvalue weighted by atomic mass is 10.2. The van der Waals surface area contributed by atoms with Crippen molar-refractivity contribution in [3.05, 3.63) is 0 Å². The maximum Gasteiger partial charge on any atom is 0.222 e. The Bertz CT molecular complexity index is 261. The topological polar surface area (TPSA) is 44.8 Å². The minimum absolute atomic E-state index is 0. The van der Waals surface area contributed by atoms with Gasteiger partial charge >= 0.3 is 0 Å². The molecular weight excluding hydrogens is 313 g/mol. The van der Waals surface area contributed by atoms with Crippen LogP contribution in [0.2, 0.25) is 0 Å². The highest BCUT2D eigenvalue weighted by Gasteiger charge is 2.20. The van der Waals surface area contributed by atoms with Gasteiger partial charge in [-0.05, 0) is 33.9 Å². The van der Waals surface area contributed by atoms with Crippen molar-refractivity contribution in [3.63, 3.8) is 0 Å². The summed E-state index contributed by atoms with van der Waals surface area (Å²) in [4.78, 5) is 16.3. The van der Waals surface area contributed by atoms with Crippen LogP contribution in [0.4, 0.5) is 0 Å². The number of carbonyl (C=O) groups is 1. The third kappa shape index (κ3) is 10.3. The summed E-state index contributed by atoms with van der Waals surface area (Å²) < 4.78 is 5.56. The number of nitrogens with zero attached hydrogens (tertiary/aromatic N) is 2. The van der Waals surface area contributed by atoms with Crippen molar-refractivity contribution in [2.45, 2.75) is 32.8 Å². The van der Waals surface area contributed by atoms with E-state index in [2.05, 4.69) is 24.1 Å². The Morgan fingerprint density at radius 1 is 1.19 bits per heavy atom. The fourth-order valence-corrected chi connectivity index (χ4v) is 2.21. The summed E-state index contributed by atoms with van der Waals surface area (Å²) >= 11 is 0. The predicted molar refractivity (Wildman–Crippen MR) is 91.8 cm³/mol. The first kappa shape index (κ1) is 23.2. The molecule has 0 atom stereocenters. The Labute approximate surface area is 141 Å². The van der Waals surface area contributed by atoms with Crippen LogP contribution >= 0.6 is 24.8 Å². The van der Waals surface area contributed by atoms with Gasteiger partial charge in [-0.3, -0.25) is 9.69 Å². The maximum absolute atomic E-state index is 11.9. The summed E-state index contributed by atoms with van der Waals surface area (Å²) in [5.41, 5.74) is 0. The van der Waals surface area contributed by atoms with Gasteiger partial charge in [0.25, 0.3) is 0 Å². The quantitative estimate of drug-likeness (QED) is 0.676. The molecule has 1 aliphatic rings. The van der Waals surface area contributed by atoms with Crippen molar-refractivity contribution in [2.75, 3.05) is 52.9 Å². The lowest BCUT2D eigenvalue weighted by Gasteiger charge is -2.34. The van der Waals surface area contributed by atoms with Crippen LogP contribution < -0.4 is 5.32 Å². The van der Waals surface area contributed by atoms with E-state index in [1.165, 1.54) is 0 Å². The summed E-state index contributed by atoms with van der Waals surface area (Å²) in [7, 11) is 1.92. The fraction of sp³-hybridized carbons (Fsp3) is 0.929. The zero-order chi connectivity index (χ0) is 14.1. The molecule has 0 saturated carbocycles. The van der Waals surface area contributed by atoms with Gasteiger partial charge in [0.2, 0.25) is 5.91 Å². The first-order chi connectivity index (χ1) is 9.13. The van der Waals surface area contributed by atoms with Crippen LogP contribution in [-0.2, 0) is 9.53 Å². The molecule has 0 spiro atoms. The van der Waals surface area contributed by atoms with Gasteiger partial charge in [0, 0.05) is 39.1 Å². The van der Waals surface area contributed by atoms with Crippen LogP contribution in [0.5, 0.6) is 0 Å². The maximum atomic E-state index is 11.9. The molecule has 0 aromatic rings. The predicted octanol–water partition coefficient (Wildman–Crippen LogP) is 1.40. The molecule has 1 rings (SSSR count). The van der Waals surface area contributed by atoms with E-state index in [0.29, 0.717) is 18.4 Å². The average molecular weight is 344 g/mol. The molecule has 1 heterocycles. The molecule has 1 N–H and O–H groups in total. The van der Waals surface area contributed by atoms with Gasteiger partial charge in [-0.1, -0.05) is 0 Å². The van der Waals surface area contributed by atoms with Crippen LogP contribution in [0.15, 0.2) is 0 Å². The molecule has 0 aromatic carbocycles. The number of nitrogens with one attached hydrogen (secondary N) is 1. The van der Waals surface area contributed by atoms with Gasteiger partial charge in [0.05, 0.1) is 12.7 Å². The average Bonchev–Trinajstić information content (AvgIpc) is 2.39. The molecule has 21 heavy (non-hydrogen) atoms. The summed E-state index contributed by atoms with van der Waals surface area (Å²) in [6.45, 7) is 10.5. The lowest BCUT2D eigenvalue weighted by Crippen LogP contribution is -2.49. The van der Waals surface area contributed by atoms with Gasteiger partial charge in [-0.2, -0.15) is 0 Å². The smallest absolute Gasteiger partial charge is 0.222 e. The van der Waals surface area contributed by atoms with Gasteiger partial charge in [0.15, 0.2) is 0 Å². The molecule has 1 fully saturated rings. The lowest BCUT2D eigenvalue weighted by molar-refractivity contribution is -0.133. The molecular formula is C14H31Cl2N3O2. The molecule has 0 unspecified atom stereocenters. The third-order valence-corrected chi connectivity index (χ3v) is 3.40. The molecule has 0 aliphatic carbocycles. The minimum atomic E-state index is 0. The SMILES string of the molecule is CNCCCC(=O)N1CCN(CCOC(C)C)CC1.Cl.Cl. The van der Waals surface area contributed by atoms with Gasteiger partial charge in [-0.25, -0.2) is 0 Å². The molecule has 0 bridgehead atoms. The van der Waals surface area contributed by atoms with Gasteiger partial charge < -0.3 is 15.0 Å². The van der Waals surface area contributed by atoms with E-state index < -0.39 is 0 Å². The van der Waals surface area contributed by atoms with Crippen molar-refractivity contribution in [1.82, 2.24) is 15.1 Å². The fourth-order valence-electron chi connectivity index (χ4n) is 2.21. The Morgan fingerprint density at radius 3 is 2.33 bits per heavy atom. The molecule has 128 valence electrons. The number of hydrogen-bond donors (Lipinski definition) is 1. The monoisotopic (exact) mass is 343 g/mol. The minimum Gasteiger partial charge on any atom is -0.377 e. The molecule has 5 nitrogen and oxygen atoms in total. The van der Waals surface area contributed by atoms with Crippen LogP contribution in [0, 0.1) is 0 Å². The number of rotatable bonds is 8. The second-order valence-corrected chi connectivity index (χ2v) is 5.35. The molecule has 1 amide bonds. The molecule has 1 saturated heterocycles. The Kier molecular flexibility index (Phi) is 15.0. The molecule has 0 radical (unpaired) electrons. The number of piperazine rings is 1. The van der Waals surface area contributed by atoms with Crippen molar-refractivity contribution < 1.29 is 9.53 Å². The van der Waals surface area contributed by atoms with E-state index in [-0.39, 0.29) is 24.8 Å². The molecule has 0 aromatic heterocycles. The summed E-state index contributed by atoms with van der Waals surface area (Å²) in [5.74, 6) is 0.299. The first-order valence-electron chi connectivity index (χ1n) is 7.40. The van der Waals surface area contributed by atoms with Crippen molar-refractivity contribution in [1.29, 1.82) is 0 Å². The van der Waals surface area contributed by atoms with E-state index in [4.69, 9.17) is 4.74 Å². The standard InChI is InChI=1S/C14H29N3O2.2ClH/c1-13(2)19-12-11-16-7-9-17(10-8-16)14(18)5-4-6-15-3;;/h13,15H,4-12H2,1-3H3;2*1H. The van der Waals surface area contributed by atoms with Crippen LogP contribution in [0.25, 0.3) is 0 Å². The first-order valence-corrected chi connectivity index (χ1v) is 7.40. The number of carbonyl (C=O) groups excluding carboxylic acids is 1. The summed E-state index contributed by atoms with van der Waals surface area (Å²) in [6.07, 6.45) is 1.89. The zero-order valence-corrected chi connectivity index (χ0v) is 15.1. The Hall–Kier alpha value is -0.0700. The highest BCUT2D eigenvalue weighted by molar-refractivity contribution is 5.85. The third-order valence-electron chi connectivity index (χ3n) is 3.40. The van der Waals surface area contributed by atoms with Crippen molar-refractivity contribution in [3.8, 4) is 0 Å². The molecule has 7 heteroatoms. The largest absolute Gasteiger partial charge is 0.377 e. The molecule has 1 aliphatic heterocycles. The van der Waals surface area contributed by atoms with E-state index in [1.807, 2.05) is 11.9 Å². The van der Waals surface area contributed by atoms with Crippen molar-refractivity contribution in [2.24, 2.45) is 0 Å². The Morgan fingerprint density at radius 2 is 1.81 bits per heavy atom. The van der Waals surface area contributed by atoms with E-state index in [9.17, 15) is 4.79 Å². The van der Waals surface area contributed by atoms with E-state index in [0.717, 1.165) is 52.3 Å². The normalized spacial score (nSPS) is 15.5. The van der Waals surface area contributed by atoms with E-state index >= 15 is 0 Å². The van der Waals surface area contributed by atoms with Gasteiger partial charge in [0.1, 0.15) is 0 Å². The van der Waals surface area contributed by atoms with E-state index in [1.54, 1.807) is 0 Å². The van der Waals surface area contributed by atoms with Crippen LogP contribution in [-0.4, -0.2) is 74.7 Å². The summed E-state index contributed by atoms with van der Waals surface area (Å²) in [5, 5.41) is 3.07. The summed E-state index contributed by atoms with van der Waals surface area (Å²) in [6, 6.07) is 0.